The molecule has 1 aromatic carbocycles. The zero-order valence-electron chi connectivity index (χ0n) is 12.4. The molecule has 104 valence electrons. The third-order valence-corrected chi connectivity index (χ3v) is 3.42. The first-order chi connectivity index (χ1) is 9.06. The van der Waals surface area contributed by atoms with Gasteiger partial charge in [0.1, 0.15) is 0 Å². The van der Waals surface area contributed by atoms with Crippen LogP contribution in [0.3, 0.4) is 0 Å². The second kappa shape index (κ2) is 9.68. The number of carbonyl (C=O) groups is 2. The molecule has 5 heteroatoms. The fourth-order valence-electron chi connectivity index (χ4n) is 2.04. The number of unbranched alkanes of at least 4 members (excludes halogenated alkanes) is 1. The summed E-state index contributed by atoms with van der Waals surface area (Å²) in [5.74, 6) is -1.79. The minimum Gasteiger partial charge on any atom is -0.549 e. The molecule has 0 aliphatic heterocycles. The second-order valence-corrected chi connectivity index (χ2v) is 4.65. The van der Waals surface area contributed by atoms with Crippen molar-refractivity contribution in [2.45, 2.75) is 39.5 Å². The molecule has 0 aliphatic rings. The first kappa shape index (κ1) is 19.8. The zero-order valence-corrected chi connectivity index (χ0v) is 15.6. The summed E-state index contributed by atoms with van der Waals surface area (Å²) in [5, 5.41) is 14.1. The number of benzene rings is 1. The Hall–Kier alpha value is -0.204. The average Bonchev–Trinajstić information content (AvgIpc) is 2.41. The van der Waals surface area contributed by atoms with Crippen molar-refractivity contribution < 1.29 is 66.1 Å². The summed E-state index contributed by atoms with van der Waals surface area (Å²) in [6, 6.07) is 8.86. The standard InChI is InChI=1S/C15H21NO3.K/c1-3-5-11-15(4-2,14(18)19)13(17)16-12-9-7-6-8-10-12;/h6-10H,3-5,11H2,1-2H3,(H,16,17)(H,18,19);/q;+1/p-1. The van der Waals surface area contributed by atoms with Gasteiger partial charge < -0.3 is 15.2 Å². The van der Waals surface area contributed by atoms with E-state index in [4.69, 9.17) is 0 Å². The van der Waals surface area contributed by atoms with Crippen LogP contribution >= 0.6 is 0 Å². The molecule has 0 saturated heterocycles. The van der Waals surface area contributed by atoms with E-state index in [9.17, 15) is 14.7 Å². The van der Waals surface area contributed by atoms with Crippen LogP contribution < -0.4 is 61.8 Å². The van der Waals surface area contributed by atoms with Gasteiger partial charge in [-0.25, -0.2) is 0 Å². The van der Waals surface area contributed by atoms with Crippen molar-refractivity contribution in [1.29, 1.82) is 0 Å². The molecule has 0 saturated carbocycles. The molecule has 1 atom stereocenters. The van der Waals surface area contributed by atoms with Crippen molar-refractivity contribution >= 4 is 17.6 Å². The fourth-order valence-corrected chi connectivity index (χ4v) is 2.04. The second-order valence-electron chi connectivity index (χ2n) is 4.65. The van der Waals surface area contributed by atoms with Crippen molar-refractivity contribution in [3.8, 4) is 0 Å². The number of rotatable bonds is 7. The van der Waals surface area contributed by atoms with Crippen molar-refractivity contribution in [3.05, 3.63) is 30.3 Å². The molecule has 4 nitrogen and oxygen atoms in total. The van der Waals surface area contributed by atoms with Gasteiger partial charge in [0.15, 0.2) is 0 Å². The third-order valence-electron chi connectivity index (χ3n) is 3.42. The van der Waals surface area contributed by atoms with E-state index in [0.29, 0.717) is 18.5 Å². The van der Waals surface area contributed by atoms with Gasteiger partial charge in [-0.15, -0.1) is 0 Å². The van der Waals surface area contributed by atoms with Gasteiger partial charge in [0.2, 0.25) is 5.91 Å². The summed E-state index contributed by atoms with van der Waals surface area (Å²) in [4.78, 5) is 23.7. The molecule has 0 aliphatic carbocycles. The molecular formula is C15H20KNO3. The van der Waals surface area contributed by atoms with Crippen LogP contribution in [-0.4, -0.2) is 11.9 Å². The minimum absolute atomic E-state index is 0. The Morgan fingerprint density at radius 2 is 1.80 bits per heavy atom. The van der Waals surface area contributed by atoms with Crippen LogP contribution in [0.15, 0.2) is 30.3 Å². The first-order valence-electron chi connectivity index (χ1n) is 6.64. The van der Waals surface area contributed by atoms with Crippen LogP contribution in [0.25, 0.3) is 0 Å². The number of carboxylic acid groups (broad SMARTS) is 1. The van der Waals surface area contributed by atoms with Gasteiger partial charge in [0, 0.05) is 5.69 Å². The van der Waals surface area contributed by atoms with Crippen LogP contribution in [0.2, 0.25) is 0 Å². The van der Waals surface area contributed by atoms with Gasteiger partial charge in [-0.1, -0.05) is 44.9 Å². The fraction of sp³-hybridized carbons (Fsp3) is 0.467. The number of anilines is 1. The van der Waals surface area contributed by atoms with Gasteiger partial charge >= 0.3 is 51.4 Å². The van der Waals surface area contributed by atoms with Crippen LogP contribution in [0.4, 0.5) is 5.69 Å². The van der Waals surface area contributed by atoms with Gasteiger partial charge in [0.05, 0.1) is 11.4 Å². The van der Waals surface area contributed by atoms with Crippen LogP contribution in [-0.2, 0) is 9.59 Å². The number of nitrogens with one attached hydrogen (secondary N) is 1. The molecule has 1 aromatic rings. The Bertz CT molecular complexity index is 436. The van der Waals surface area contributed by atoms with E-state index in [2.05, 4.69) is 5.32 Å². The molecule has 20 heavy (non-hydrogen) atoms. The molecule has 1 unspecified atom stereocenters. The van der Waals surface area contributed by atoms with Gasteiger partial charge in [-0.3, -0.25) is 4.79 Å². The van der Waals surface area contributed by atoms with E-state index in [1.807, 2.05) is 13.0 Å². The van der Waals surface area contributed by atoms with E-state index in [0.717, 1.165) is 6.42 Å². The Morgan fingerprint density at radius 3 is 2.25 bits per heavy atom. The molecule has 0 heterocycles. The smallest absolute Gasteiger partial charge is 0.549 e. The van der Waals surface area contributed by atoms with Crippen LogP contribution in [0, 0.1) is 5.41 Å². The van der Waals surface area contributed by atoms with Crippen LogP contribution in [0.1, 0.15) is 39.5 Å². The largest absolute Gasteiger partial charge is 1.00 e. The maximum absolute atomic E-state index is 12.3. The van der Waals surface area contributed by atoms with Crippen LogP contribution in [0.5, 0.6) is 0 Å². The predicted octanol–water partition coefficient (Wildman–Crippen LogP) is -1.03. The Kier molecular flexibility index (Phi) is 9.58. The molecule has 0 radical (unpaired) electrons. The normalized spacial score (nSPS) is 12.9. The van der Waals surface area contributed by atoms with Crippen molar-refractivity contribution in [2.24, 2.45) is 5.41 Å². The molecule has 1 rings (SSSR count). The summed E-state index contributed by atoms with van der Waals surface area (Å²) in [5.41, 5.74) is -0.839. The van der Waals surface area contributed by atoms with Crippen molar-refractivity contribution in [1.82, 2.24) is 0 Å². The Labute approximate surface area is 162 Å². The molecule has 0 fully saturated rings. The van der Waals surface area contributed by atoms with E-state index in [-0.39, 0.29) is 57.8 Å². The van der Waals surface area contributed by atoms with Crippen molar-refractivity contribution in [3.63, 3.8) is 0 Å². The van der Waals surface area contributed by atoms with E-state index in [1.54, 1.807) is 31.2 Å². The summed E-state index contributed by atoms with van der Waals surface area (Å²) < 4.78 is 0. The van der Waals surface area contributed by atoms with Gasteiger partial charge in [-0.05, 0) is 25.0 Å². The molecule has 0 bridgehead atoms. The maximum atomic E-state index is 12.3. The summed E-state index contributed by atoms with van der Waals surface area (Å²) in [7, 11) is 0. The number of para-hydroxylation sites is 1. The summed E-state index contributed by atoms with van der Waals surface area (Å²) in [6.07, 6.45) is 2.06. The molecule has 0 spiro atoms. The number of carbonyl (C=O) groups excluding carboxylic acids is 2. The van der Waals surface area contributed by atoms with Gasteiger partial charge in [0.25, 0.3) is 0 Å². The number of amides is 1. The quantitative estimate of drug-likeness (QED) is 0.517. The van der Waals surface area contributed by atoms with Crippen molar-refractivity contribution in [2.75, 3.05) is 5.32 Å². The Balaban J connectivity index is 0.00000361. The summed E-state index contributed by atoms with van der Waals surface area (Å²) >= 11 is 0. The molecule has 0 aromatic heterocycles. The zero-order chi connectivity index (χ0) is 14.3. The SMILES string of the molecule is CCCCC(CC)(C(=O)[O-])C(=O)Nc1ccccc1.[K+]. The minimum atomic E-state index is -1.44. The first-order valence-corrected chi connectivity index (χ1v) is 6.64. The molecule has 1 amide bonds. The number of hydrogen-bond acceptors (Lipinski definition) is 3. The number of hydrogen-bond donors (Lipinski definition) is 1. The van der Waals surface area contributed by atoms with Gasteiger partial charge in [-0.2, -0.15) is 0 Å². The van der Waals surface area contributed by atoms with E-state index < -0.39 is 17.3 Å². The topological polar surface area (TPSA) is 69.2 Å². The number of carboxylic acids is 1. The average molecular weight is 301 g/mol. The maximum Gasteiger partial charge on any atom is 1.00 e. The molecular weight excluding hydrogens is 281 g/mol. The monoisotopic (exact) mass is 301 g/mol. The summed E-state index contributed by atoms with van der Waals surface area (Å²) in [6.45, 7) is 3.67. The van der Waals surface area contributed by atoms with E-state index >= 15 is 0 Å². The predicted molar refractivity (Wildman–Crippen MR) is 72.3 cm³/mol. The van der Waals surface area contributed by atoms with E-state index in [1.165, 1.54) is 0 Å². The Morgan fingerprint density at radius 1 is 1.20 bits per heavy atom. The number of aliphatic carboxylic acids is 1. The molecule has 1 N–H and O–H groups in total. The third kappa shape index (κ3) is 4.97.